The van der Waals surface area contributed by atoms with Crippen LogP contribution in [0.1, 0.15) is 5.56 Å². The molecule has 0 bridgehead atoms. The molecule has 3 N–H and O–H groups in total. The molecule has 88 valence electrons. The zero-order chi connectivity index (χ0) is 12.3. The summed E-state index contributed by atoms with van der Waals surface area (Å²) in [5.41, 5.74) is 5.33. The Morgan fingerprint density at radius 1 is 1.47 bits per heavy atom. The number of ether oxygens (including phenoxy) is 1. The van der Waals surface area contributed by atoms with E-state index in [1.165, 1.54) is 24.5 Å². The van der Waals surface area contributed by atoms with E-state index in [9.17, 15) is 9.18 Å². The molecule has 0 atom stereocenters. The number of nitrogens with zero attached hydrogens (tertiary/aromatic N) is 1. The highest BCUT2D eigenvalue weighted by Gasteiger charge is 2.09. The van der Waals surface area contributed by atoms with Crippen molar-refractivity contribution in [3.05, 3.63) is 52.3 Å². The van der Waals surface area contributed by atoms with Gasteiger partial charge in [0.05, 0.1) is 12.4 Å². The Kier molecular flexibility index (Phi) is 3.15. The molecule has 0 spiro atoms. The molecule has 0 amide bonds. The van der Waals surface area contributed by atoms with Crippen molar-refractivity contribution in [1.29, 1.82) is 0 Å². The second kappa shape index (κ2) is 4.75. The summed E-state index contributed by atoms with van der Waals surface area (Å²) in [5, 5.41) is 0. The molecule has 0 aliphatic heterocycles. The first-order valence-electron chi connectivity index (χ1n) is 4.91. The number of halogens is 1. The van der Waals surface area contributed by atoms with Crippen LogP contribution in [0.15, 0.2) is 35.4 Å². The molecule has 0 saturated heterocycles. The van der Waals surface area contributed by atoms with Crippen molar-refractivity contribution < 1.29 is 9.13 Å². The fourth-order valence-corrected chi connectivity index (χ4v) is 1.35. The lowest BCUT2D eigenvalue weighted by molar-refractivity contribution is 0.448. The molecule has 6 heteroatoms. The molecule has 0 saturated carbocycles. The lowest BCUT2D eigenvalue weighted by atomic mass is 10.2. The van der Waals surface area contributed by atoms with Crippen molar-refractivity contribution in [2.75, 3.05) is 0 Å². The fraction of sp³-hybridized carbons (Fsp3) is 0.0909. The van der Waals surface area contributed by atoms with Gasteiger partial charge in [0.2, 0.25) is 5.88 Å². The average molecular weight is 235 g/mol. The number of nitrogens with one attached hydrogen (secondary N) is 1. The van der Waals surface area contributed by atoms with Crippen molar-refractivity contribution in [2.24, 2.45) is 5.73 Å². The van der Waals surface area contributed by atoms with Crippen molar-refractivity contribution in [3.8, 4) is 11.6 Å². The molecule has 1 heterocycles. The number of aromatic amines is 1. The van der Waals surface area contributed by atoms with Gasteiger partial charge in [-0.05, 0) is 12.1 Å². The third-order valence-corrected chi connectivity index (χ3v) is 2.15. The minimum Gasteiger partial charge on any atom is -0.438 e. The number of hydrogen-bond acceptors (Lipinski definition) is 4. The Bertz CT molecular complexity index is 583. The van der Waals surface area contributed by atoms with Crippen LogP contribution in [0.2, 0.25) is 0 Å². The number of aromatic nitrogens is 2. The molecule has 0 aliphatic carbocycles. The second-order valence-corrected chi connectivity index (χ2v) is 3.27. The van der Waals surface area contributed by atoms with Gasteiger partial charge in [-0.15, -0.1) is 0 Å². The lowest BCUT2D eigenvalue weighted by Crippen LogP contribution is -2.06. The third kappa shape index (κ3) is 2.48. The first-order valence-corrected chi connectivity index (χ1v) is 4.91. The van der Waals surface area contributed by atoms with Crippen molar-refractivity contribution in [3.63, 3.8) is 0 Å². The summed E-state index contributed by atoms with van der Waals surface area (Å²) >= 11 is 0. The largest absolute Gasteiger partial charge is 0.438 e. The topological polar surface area (TPSA) is 81.0 Å². The molecule has 2 rings (SSSR count). The molecular weight excluding hydrogens is 225 g/mol. The number of benzene rings is 1. The van der Waals surface area contributed by atoms with Crippen molar-refractivity contribution in [2.45, 2.75) is 6.54 Å². The predicted molar refractivity (Wildman–Crippen MR) is 59.2 cm³/mol. The van der Waals surface area contributed by atoms with Gasteiger partial charge < -0.3 is 15.5 Å². The van der Waals surface area contributed by atoms with Gasteiger partial charge >= 0.3 is 0 Å². The van der Waals surface area contributed by atoms with Crippen LogP contribution in [0.25, 0.3) is 0 Å². The first-order chi connectivity index (χ1) is 8.20. The van der Waals surface area contributed by atoms with E-state index in [0.717, 1.165) is 0 Å². The highest BCUT2D eigenvalue weighted by atomic mass is 19.1. The smallest absolute Gasteiger partial charge is 0.254 e. The van der Waals surface area contributed by atoms with Crippen LogP contribution >= 0.6 is 0 Å². The maximum Gasteiger partial charge on any atom is 0.254 e. The van der Waals surface area contributed by atoms with Gasteiger partial charge in [-0.3, -0.25) is 4.79 Å². The molecule has 2 aromatic rings. The maximum atomic E-state index is 13.4. The maximum absolute atomic E-state index is 13.4. The number of H-pyrrole nitrogens is 1. The van der Waals surface area contributed by atoms with E-state index in [4.69, 9.17) is 10.5 Å². The number of hydrogen-bond donors (Lipinski definition) is 2. The Balaban J connectivity index is 2.36. The van der Waals surface area contributed by atoms with E-state index in [1.807, 2.05) is 0 Å². The molecule has 1 aromatic carbocycles. The Labute approximate surface area is 96.1 Å². The summed E-state index contributed by atoms with van der Waals surface area (Å²) in [4.78, 5) is 17.2. The van der Waals surface area contributed by atoms with Gasteiger partial charge in [-0.1, -0.05) is 6.07 Å². The van der Waals surface area contributed by atoms with E-state index >= 15 is 0 Å². The van der Waals surface area contributed by atoms with Gasteiger partial charge in [-0.25, -0.2) is 9.37 Å². The minimum atomic E-state index is -0.449. The predicted octanol–water partition coefficient (Wildman–Crippen LogP) is 1.16. The summed E-state index contributed by atoms with van der Waals surface area (Å²) in [5.74, 6) is -0.102. The zero-order valence-electron chi connectivity index (χ0n) is 8.81. The number of nitrogens with two attached hydrogens (primary N) is 1. The first kappa shape index (κ1) is 11.3. The van der Waals surface area contributed by atoms with Crippen molar-refractivity contribution >= 4 is 0 Å². The van der Waals surface area contributed by atoms with Crippen LogP contribution in [0.5, 0.6) is 11.6 Å². The normalized spacial score (nSPS) is 10.2. The summed E-state index contributed by atoms with van der Waals surface area (Å²) < 4.78 is 18.7. The van der Waals surface area contributed by atoms with Gasteiger partial charge in [0.15, 0.2) is 0 Å². The van der Waals surface area contributed by atoms with E-state index in [1.54, 1.807) is 6.07 Å². The van der Waals surface area contributed by atoms with Crippen LogP contribution in [-0.2, 0) is 6.54 Å². The van der Waals surface area contributed by atoms with E-state index in [2.05, 4.69) is 9.97 Å². The Morgan fingerprint density at radius 2 is 2.29 bits per heavy atom. The standard InChI is InChI=1S/C11H10FN3O2/c12-8-2-1-3-9(7(8)5-13)17-11-4-10(16)14-6-15-11/h1-4,6H,5,13H2,(H,14,15,16). The molecule has 5 nitrogen and oxygen atoms in total. The van der Waals surface area contributed by atoms with Gasteiger partial charge in [0.1, 0.15) is 11.6 Å². The second-order valence-electron chi connectivity index (χ2n) is 3.27. The zero-order valence-corrected chi connectivity index (χ0v) is 8.81. The van der Waals surface area contributed by atoms with Crippen LogP contribution in [-0.4, -0.2) is 9.97 Å². The molecule has 0 unspecified atom stereocenters. The minimum absolute atomic E-state index is 0.00516. The number of rotatable bonds is 3. The summed E-state index contributed by atoms with van der Waals surface area (Å²) in [6.07, 6.45) is 1.21. The lowest BCUT2D eigenvalue weighted by Gasteiger charge is -2.09. The van der Waals surface area contributed by atoms with Crippen LogP contribution in [0, 0.1) is 5.82 Å². The highest BCUT2D eigenvalue weighted by Crippen LogP contribution is 2.24. The molecular formula is C11H10FN3O2. The van der Waals surface area contributed by atoms with E-state index in [0.29, 0.717) is 0 Å². The quantitative estimate of drug-likeness (QED) is 0.836. The summed E-state index contributed by atoms with van der Waals surface area (Å²) in [6.45, 7) is 0.00516. The monoisotopic (exact) mass is 235 g/mol. The van der Waals surface area contributed by atoms with E-state index < -0.39 is 5.82 Å². The fourth-order valence-electron chi connectivity index (χ4n) is 1.35. The Hall–Kier alpha value is -2.21. The summed E-state index contributed by atoms with van der Waals surface area (Å²) in [6, 6.07) is 5.52. The SMILES string of the molecule is NCc1c(F)cccc1Oc1cc(=O)[nH]cn1. The van der Waals surface area contributed by atoms with Gasteiger partial charge in [-0.2, -0.15) is 0 Å². The van der Waals surface area contributed by atoms with Crippen molar-refractivity contribution in [1.82, 2.24) is 9.97 Å². The van der Waals surface area contributed by atoms with Gasteiger partial charge in [0, 0.05) is 12.1 Å². The molecule has 0 aliphatic rings. The third-order valence-electron chi connectivity index (χ3n) is 2.15. The van der Waals surface area contributed by atoms with Gasteiger partial charge in [0.25, 0.3) is 5.56 Å². The molecule has 1 aromatic heterocycles. The molecule has 17 heavy (non-hydrogen) atoms. The molecule has 0 radical (unpaired) electrons. The van der Waals surface area contributed by atoms with Crippen LogP contribution in [0.4, 0.5) is 4.39 Å². The van der Waals surface area contributed by atoms with Crippen LogP contribution < -0.4 is 16.0 Å². The molecule has 0 fully saturated rings. The highest BCUT2D eigenvalue weighted by molar-refractivity contribution is 5.36. The van der Waals surface area contributed by atoms with E-state index in [-0.39, 0.29) is 29.3 Å². The van der Waals surface area contributed by atoms with Crippen LogP contribution in [0.3, 0.4) is 0 Å². The average Bonchev–Trinajstić information content (AvgIpc) is 2.29. The Morgan fingerprint density at radius 3 is 3.00 bits per heavy atom. The summed E-state index contributed by atoms with van der Waals surface area (Å²) in [7, 11) is 0.